The Morgan fingerprint density at radius 1 is 0.787 bits per heavy atom. The van der Waals surface area contributed by atoms with Crippen molar-refractivity contribution in [2.75, 3.05) is 18.1 Å². The van der Waals surface area contributed by atoms with E-state index in [0.717, 1.165) is 46.6 Å². The number of anilines is 2. The van der Waals surface area contributed by atoms with Gasteiger partial charge in [0.2, 0.25) is 0 Å². The number of esters is 1. The fourth-order valence-electron chi connectivity index (χ4n) is 5.60. The first-order valence-electron chi connectivity index (χ1n) is 15.2. The van der Waals surface area contributed by atoms with E-state index in [-0.39, 0.29) is 35.4 Å². The molecule has 1 aromatic heterocycles. The zero-order valence-corrected chi connectivity index (χ0v) is 25.7. The molecular weight excluding hydrogens is 609 g/mol. The Balaban J connectivity index is 1.41. The molecule has 0 radical (unpaired) electrons. The van der Waals surface area contributed by atoms with Crippen LogP contribution in [0, 0.1) is 0 Å². The summed E-state index contributed by atoms with van der Waals surface area (Å²) in [6.07, 6.45) is -4.01. The number of rotatable bonds is 9. The standard InChI is InChI=1S/C37H31F3N2O5/c1-3-45-34(43)36(21-22-36)28-19-17-25(18-20-28)24-13-15-27(16-14-24)33-32(31(41-47-33)26-9-6-5-7-10-26)42(35(44)46-4-2)30-12-8-11-29(23-30)37(38,39)40/h5-20,23H,3-4,21-22H2,1-2H3. The van der Waals surface area contributed by atoms with Crippen molar-refractivity contribution in [3.8, 4) is 33.7 Å². The van der Waals surface area contributed by atoms with Crippen molar-refractivity contribution in [2.45, 2.75) is 38.3 Å². The van der Waals surface area contributed by atoms with Crippen molar-refractivity contribution < 1.29 is 36.8 Å². The number of ether oxygens (including phenoxy) is 2. The van der Waals surface area contributed by atoms with Gasteiger partial charge in [0, 0.05) is 11.1 Å². The van der Waals surface area contributed by atoms with Gasteiger partial charge in [0.25, 0.3) is 0 Å². The second-order valence-electron chi connectivity index (χ2n) is 11.1. The minimum atomic E-state index is -4.64. The number of carbonyl (C=O) groups is 2. The topological polar surface area (TPSA) is 81.9 Å². The maximum absolute atomic E-state index is 13.8. The van der Waals surface area contributed by atoms with Crippen molar-refractivity contribution in [3.05, 3.63) is 114 Å². The normalized spacial score (nSPS) is 13.6. The lowest BCUT2D eigenvalue weighted by Crippen LogP contribution is -2.27. The fourth-order valence-corrected chi connectivity index (χ4v) is 5.60. The van der Waals surface area contributed by atoms with E-state index >= 15 is 0 Å². The van der Waals surface area contributed by atoms with Gasteiger partial charge < -0.3 is 14.0 Å². The zero-order valence-electron chi connectivity index (χ0n) is 25.7. The molecule has 1 amide bonds. The van der Waals surface area contributed by atoms with Gasteiger partial charge in [-0.15, -0.1) is 0 Å². The largest absolute Gasteiger partial charge is 0.465 e. The maximum atomic E-state index is 13.8. The first kappa shape index (κ1) is 31.6. The summed E-state index contributed by atoms with van der Waals surface area (Å²) in [5.74, 6) is -0.0295. The highest BCUT2D eigenvalue weighted by Gasteiger charge is 2.52. The van der Waals surface area contributed by atoms with Crippen molar-refractivity contribution >= 4 is 23.4 Å². The molecule has 10 heteroatoms. The lowest BCUT2D eigenvalue weighted by molar-refractivity contribution is -0.146. The number of nitrogens with zero attached hydrogens (tertiary/aromatic N) is 2. The molecule has 0 spiro atoms. The smallest absolute Gasteiger partial charge is 0.419 e. The predicted molar refractivity (Wildman–Crippen MR) is 171 cm³/mol. The van der Waals surface area contributed by atoms with Crippen LogP contribution in [0.5, 0.6) is 0 Å². The van der Waals surface area contributed by atoms with Gasteiger partial charge in [0.05, 0.1) is 29.9 Å². The molecule has 0 bridgehead atoms. The Morgan fingerprint density at radius 2 is 1.40 bits per heavy atom. The number of hydrogen-bond donors (Lipinski definition) is 0. The minimum Gasteiger partial charge on any atom is -0.465 e. The lowest BCUT2D eigenvalue weighted by Gasteiger charge is -2.23. The predicted octanol–water partition coefficient (Wildman–Crippen LogP) is 9.58. The minimum absolute atomic E-state index is 0.00995. The third-order valence-electron chi connectivity index (χ3n) is 8.15. The van der Waals surface area contributed by atoms with Gasteiger partial charge in [-0.1, -0.05) is 90.1 Å². The van der Waals surface area contributed by atoms with E-state index < -0.39 is 23.2 Å². The Hall–Kier alpha value is -5.38. The van der Waals surface area contributed by atoms with Crippen molar-refractivity contribution in [2.24, 2.45) is 0 Å². The quantitative estimate of drug-likeness (QED) is 0.149. The summed E-state index contributed by atoms with van der Waals surface area (Å²) in [6, 6.07) is 28.5. The molecule has 240 valence electrons. The monoisotopic (exact) mass is 640 g/mol. The van der Waals surface area contributed by atoms with E-state index in [0.29, 0.717) is 17.7 Å². The fraction of sp³-hybridized carbons (Fsp3) is 0.216. The van der Waals surface area contributed by atoms with Crippen LogP contribution in [0.15, 0.2) is 108 Å². The van der Waals surface area contributed by atoms with Crippen LogP contribution in [0.3, 0.4) is 0 Å². The van der Waals surface area contributed by atoms with E-state index in [1.165, 1.54) is 12.1 Å². The first-order valence-corrected chi connectivity index (χ1v) is 15.2. The van der Waals surface area contributed by atoms with Gasteiger partial charge in [-0.25, -0.2) is 9.69 Å². The van der Waals surface area contributed by atoms with E-state index in [1.54, 1.807) is 50.2 Å². The molecule has 1 aliphatic carbocycles. The first-order chi connectivity index (χ1) is 22.7. The Kier molecular flexibility index (Phi) is 8.60. The van der Waals surface area contributed by atoms with Crippen LogP contribution in [0.4, 0.5) is 29.3 Å². The Labute approximate surface area is 269 Å². The average Bonchev–Trinajstić information content (AvgIpc) is 3.79. The van der Waals surface area contributed by atoms with Crippen LogP contribution in [0.2, 0.25) is 0 Å². The summed E-state index contributed by atoms with van der Waals surface area (Å²) in [6.45, 7) is 3.73. The van der Waals surface area contributed by atoms with Crippen LogP contribution < -0.4 is 4.90 Å². The van der Waals surface area contributed by atoms with Gasteiger partial charge in [-0.3, -0.25) is 4.79 Å². The van der Waals surface area contributed by atoms with Crippen LogP contribution in [-0.2, 0) is 25.9 Å². The molecule has 0 N–H and O–H groups in total. The van der Waals surface area contributed by atoms with Gasteiger partial charge >= 0.3 is 18.2 Å². The number of aromatic nitrogens is 1. The second kappa shape index (κ2) is 12.8. The third-order valence-corrected chi connectivity index (χ3v) is 8.15. The number of alkyl halides is 3. The maximum Gasteiger partial charge on any atom is 0.419 e. The van der Waals surface area contributed by atoms with Crippen molar-refractivity contribution in [1.29, 1.82) is 0 Å². The summed E-state index contributed by atoms with van der Waals surface area (Å²) < 4.78 is 57.7. The second-order valence-corrected chi connectivity index (χ2v) is 11.1. The molecule has 1 saturated carbocycles. The number of hydrogen-bond acceptors (Lipinski definition) is 6. The van der Waals surface area contributed by atoms with Crippen LogP contribution in [0.25, 0.3) is 33.7 Å². The summed E-state index contributed by atoms with van der Waals surface area (Å²) in [5.41, 5.74) is 2.68. The molecule has 6 rings (SSSR count). The number of amides is 1. The Bertz CT molecular complexity index is 1880. The van der Waals surface area contributed by atoms with Crippen LogP contribution >= 0.6 is 0 Å². The molecule has 0 saturated heterocycles. The van der Waals surface area contributed by atoms with E-state index in [2.05, 4.69) is 5.16 Å². The van der Waals surface area contributed by atoms with Gasteiger partial charge in [0.15, 0.2) is 5.76 Å². The molecule has 4 aromatic carbocycles. The van der Waals surface area contributed by atoms with Crippen molar-refractivity contribution in [1.82, 2.24) is 5.16 Å². The van der Waals surface area contributed by atoms with E-state index in [4.69, 9.17) is 14.0 Å². The molecule has 1 aliphatic rings. The van der Waals surface area contributed by atoms with Crippen LogP contribution in [0.1, 0.15) is 37.8 Å². The SMILES string of the molecule is CCOC(=O)N(c1cccc(C(F)(F)F)c1)c1c(-c2ccccc2)noc1-c1ccc(-c2ccc(C3(C(=O)OCC)CC3)cc2)cc1. The Morgan fingerprint density at radius 3 is 2.00 bits per heavy atom. The third kappa shape index (κ3) is 6.23. The van der Waals surface area contributed by atoms with Gasteiger partial charge in [0.1, 0.15) is 11.4 Å². The summed E-state index contributed by atoms with van der Waals surface area (Å²) in [7, 11) is 0. The molecule has 1 heterocycles. The summed E-state index contributed by atoms with van der Waals surface area (Å²) in [4.78, 5) is 27.1. The van der Waals surface area contributed by atoms with Crippen LogP contribution in [-0.4, -0.2) is 30.4 Å². The average molecular weight is 641 g/mol. The highest BCUT2D eigenvalue weighted by Crippen LogP contribution is 2.50. The number of halogens is 3. The van der Waals surface area contributed by atoms with E-state index in [1.807, 2.05) is 42.5 Å². The molecule has 5 aromatic rings. The number of carbonyl (C=O) groups excluding carboxylic acids is 2. The highest BCUT2D eigenvalue weighted by molar-refractivity contribution is 6.04. The lowest BCUT2D eigenvalue weighted by atomic mass is 9.93. The van der Waals surface area contributed by atoms with Gasteiger partial charge in [-0.05, 0) is 61.6 Å². The highest BCUT2D eigenvalue weighted by atomic mass is 19.4. The summed E-state index contributed by atoms with van der Waals surface area (Å²) in [5, 5.41) is 4.28. The van der Waals surface area contributed by atoms with Gasteiger partial charge in [-0.2, -0.15) is 13.2 Å². The van der Waals surface area contributed by atoms with E-state index in [9.17, 15) is 22.8 Å². The molecule has 0 aliphatic heterocycles. The molecule has 1 fully saturated rings. The molecule has 7 nitrogen and oxygen atoms in total. The molecule has 0 atom stereocenters. The molecular formula is C37H31F3N2O5. The number of benzene rings is 4. The van der Waals surface area contributed by atoms with Crippen molar-refractivity contribution in [3.63, 3.8) is 0 Å². The molecule has 0 unspecified atom stereocenters. The summed E-state index contributed by atoms with van der Waals surface area (Å²) >= 11 is 0. The zero-order chi connectivity index (χ0) is 33.2. The molecule has 47 heavy (non-hydrogen) atoms.